The molecule has 0 aliphatic rings. The molecule has 2 amide bonds. The second-order valence-electron chi connectivity index (χ2n) is 4.21. The highest BCUT2D eigenvalue weighted by atomic mass is 35.5. The molecule has 6 heteroatoms. The van der Waals surface area contributed by atoms with E-state index in [0.29, 0.717) is 23.6 Å². The van der Waals surface area contributed by atoms with E-state index in [2.05, 4.69) is 10.6 Å². The Balaban J connectivity index is 2.69. The number of hydrogen-bond acceptors (Lipinski definition) is 2. The van der Waals surface area contributed by atoms with Crippen molar-refractivity contribution in [3.63, 3.8) is 0 Å². The van der Waals surface area contributed by atoms with Crippen LogP contribution in [0.5, 0.6) is 0 Å². The molecule has 0 heterocycles. The number of hydrogen-bond donors (Lipinski definition) is 3. The summed E-state index contributed by atoms with van der Waals surface area (Å²) in [6, 6.07) is 3.77. The lowest BCUT2D eigenvalue weighted by atomic mass is 10.2. The summed E-state index contributed by atoms with van der Waals surface area (Å²) < 4.78 is 0. The number of anilines is 1. The van der Waals surface area contributed by atoms with Crippen molar-refractivity contribution in [3.05, 3.63) is 28.8 Å². The smallest absolute Gasteiger partial charge is 0.326 e. The standard InChI is InChI=1S/C13H17ClN2O3/c1-3-5-10(12(17)18)16-13(19)15-9-7-4-6-8(2)11(9)14/h4,6-7,10H,3,5H2,1-2H3,(H,17,18)(H2,15,16,19). The lowest BCUT2D eigenvalue weighted by molar-refractivity contribution is -0.139. The van der Waals surface area contributed by atoms with Gasteiger partial charge in [0.1, 0.15) is 6.04 Å². The van der Waals surface area contributed by atoms with Crippen molar-refractivity contribution < 1.29 is 14.7 Å². The zero-order chi connectivity index (χ0) is 14.4. The molecule has 1 unspecified atom stereocenters. The van der Waals surface area contributed by atoms with E-state index in [1.54, 1.807) is 12.1 Å². The molecule has 5 nitrogen and oxygen atoms in total. The number of nitrogens with one attached hydrogen (secondary N) is 2. The van der Waals surface area contributed by atoms with Crippen LogP contribution in [0.1, 0.15) is 25.3 Å². The van der Waals surface area contributed by atoms with Crippen LogP contribution in [0.4, 0.5) is 10.5 Å². The third-order valence-electron chi connectivity index (χ3n) is 2.62. The fraction of sp³-hybridized carbons (Fsp3) is 0.385. The molecule has 0 fully saturated rings. The van der Waals surface area contributed by atoms with Gasteiger partial charge in [0.25, 0.3) is 0 Å². The molecule has 1 aromatic rings. The van der Waals surface area contributed by atoms with Gasteiger partial charge in [-0.3, -0.25) is 0 Å². The first-order chi connectivity index (χ1) is 8.95. The number of benzene rings is 1. The maximum Gasteiger partial charge on any atom is 0.326 e. The lowest BCUT2D eigenvalue weighted by Crippen LogP contribution is -2.42. The number of amides is 2. The molecule has 0 saturated heterocycles. The minimum atomic E-state index is -1.05. The summed E-state index contributed by atoms with van der Waals surface area (Å²) in [5.74, 6) is -1.05. The molecule has 1 atom stereocenters. The lowest BCUT2D eigenvalue weighted by Gasteiger charge is -2.15. The number of carboxylic acid groups (broad SMARTS) is 1. The third-order valence-corrected chi connectivity index (χ3v) is 3.12. The summed E-state index contributed by atoms with van der Waals surface area (Å²) in [6.07, 6.45) is 1.05. The highest BCUT2D eigenvalue weighted by Gasteiger charge is 2.19. The SMILES string of the molecule is CCCC(NC(=O)Nc1cccc(C)c1Cl)C(=O)O. The molecule has 1 aromatic carbocycles. The van der Waals surface area contributed by atoms with Crippen molar-refractivity contribution in [2.75, 3.05) is 5.32 Å². The molecule has 3 N–H and O–H groups in total. The van der Waals surface area contributed by atoms with E-state index in [-0.39, 0.29) is 0 Å². The summed E-state index contributed by atoms with van der Waals surface area (Å²) in [7, 11) is 0. The number of carbonyl (C=O) groups is 2. The molecule has 0 radical (unpaired) electrons. The van der Waals surface area contributed by atoms with Crippen LogP contribution in [0.15, 0.2) is 18.2 Å². The minimum absolute atomic E-state index is 0.379. The highest BCUT2D eigenvalue weighted by Crippen LogP contribution is 2.24. The van der Waals surface area contributed by atoms with Crippen LogP contribution in [0.2, 0.25) is 5.02 Å². The summed E-state index contributed by atoms with van der Waals surface area (Å²) in [5.41, 5.74) is 1.29. The first-order valence-corrected chi connectivity index (χ1v) is 6.39. The van der Waals surface area contributed by atoms with Gasteiger partial charge in [0.05, 0.1) is 10.7 Å². The number of carboxylic acids is 1. The number of aliphatic carboxylic acids is 1. The Hall–Kier alpha value is -1.75. The quantitative estimate of drug-likeness (QED) is 0.777. The van der Waals surface area contributed by atoms with E-state index in [1.807, 2.05) is 19.9 Å². The summed E-state index contributed by atoms with van der Waals surface area (Å²) in [6.45, 7) is 3.68. The Kier molecular flexibility index (Phi) is 5.63. The zero-order valence-corrected chi connectivity index (χ0v) is 11.6. The Morgan fingerprint density at radius 2 is 2.11 bits per heavy atom. The number of halogens is 1. The second kappa shape index (κ2) is 6.99. The maximum atomic E-state index is 11.7. The van der Waals surface area contributed by atoms with Crippen molar-refractivity contribution in [1.82, 2.24) is 5.32 Å². The van der Waals surface area contributed by atoms with E-state index < -0.39 is 18.0 Å². The van der Waals surface area contributed by atoms with Gasteiger partial charge in [-0.25, -0.2) is 9.59 Å². The average Bonchev–Trinajstić information content (AvgIpc) is 2.34. The molecule has 0 spiro atoms. The van der Waals surface area contributed by atoms with Crippen LogP contribution in [0, 0.1) is 6.92 Å². The van der Waals surface area contributed by atoms with Crippen LogP contribution in [-0.2, 0) is 4.79 Å². The zero-order valence-electron chi connectivity index (χ0n) is 10.9. The van der Waals surface area contributed by atoms with Crippen LogP contribution < -0.4 is 10.6 Å². The number of rotatable bonds is 5. The Labute approximate surface area is 117 Å². The molecular formula is C13H17ClN2O3. The van der Waals surface area contributed by atoms with Gasteiger partial charge < -0.3 is 15.7 Å². The highest BCUT2D eigenvalue weighted by molar-refractivity contribution is 6.34. The first-order valence-electron chi connectivity index (χ1n) is 6.01. The Morgan fingerprint density at radius 3 is 2.68 bits per heavy atom. The molecule has 0 aromatic heterocycles. The van der Waals surface area contributed by atoms with Crippen molar-refractivity contribution in [2.45, 2.75) is 32.7 Å². The van der Waals surface area contributed by atoms with E-state index in [9.17, 15) is 9.59 Å². The Morgan fingerprint density at radius 1 is 1.42 bits per heavy atom. The molecule has 19 heavy (non-hydrogen) atoms. The van der Waals surface area contributed by atoms with Crippen LogP contribution in [-0.4, -0.2) is 23.1 Å². The molecule has 0 aliphatic heterocycles. The van der Waals surface area contributed by atoms with Gasteiger partial charge in [0, 0.05) is 0 Å². The van der Waals surface area contributed by atoms with E-state index in [0.717, 1.165) is 5.56 Å². The fourth-order valence-corrected chi connectivity index (χ4v) is 1.78. The van der Waals surface area contributed by atoms with Crippen LogP contribution >= 0.6 is 11.6 Å². The number of carbonyl (C=O) groups excluding carboxylic acids is 1. The largest absolute Gasteiger partial charge is 0.480 e. The molecule has 0 saturated carbocycles. The van der Waals surface area contributed by atoms with Crippen molar-refractivity contribution in [1.29, 1.82) is 0 Å². The van der Waals surface area contributed by atoms with E-state index in [4.69, 9.17) is 16.7 Å². The van der Waals surface area contributed by atoms with Gasteiger partial charge in [0.15, 0.2) is 0 Å². The predicted molar refractivity (Wildman–Crippen MR) is 74.7 cm³/mol. The summed E-state index contributed by atoms with van der Waals surface area (Å²) >= 11 is 6.04. The number of urea groups is 1. The van der Waals surface area contributed by atoms with Gasteiger partial charge in [-0.1, -0.05) is 37.1 Å². The predicted octanol–water partition coefficient (Wildman–Crippen LogP) is 3.02. The van der Waals surface area contributed by atoms with Crippen molar-refractivity contribution in [2.24, 2.45) is 0 Å². The average molecular weight is 285 g/mol. The van der Waals surface area contributed by atoms with Gasteiger partial charge >= 0.3 is 12.0 Å². The van der Waals surface area contributed by atoms with E-state index >= 15 is 0 Å². The summed E-state index contributed by atoms with van der Waals surface area (Å²) in [5, 5.41) is 14.3. The molecule has 0 aliphatic carbocycles. The maximum absolute atomic E-state index is 11.7. The number of aryl methyl sites for hydroxylation is 1. The van der Waals surface area contributed by atoms with Crippen molar-refractivity contribution >= 4 is 29.3 Å². The normalized spacial score (nSPS) is 11.7. The van der Waals surface area contributed by atoms with Crippen LogP contribution in [0.25, 0.3) is 0 Å². The molecular weight excluding hydrogens is 268 g/mol. The minimum Gasteiger partial charge on any atom is -0.480 e. The van der Waals surface area contributed by atoms with E-state index in [1.165, 1.54) is 0 Å². The second-order valence-corrected chi connectivity index (χ2v) is 4.59. The van der Waals surface area contributed by atoms with Crippen molar-refractivity contribution in [3.8, 4) is 0 Å². The third kappa shape index (κ3) is 4.44. The fourth-order valence-electron chi connectivity index (χ4n) is 1.61. The molecule has 0 bridgehead atoms. The van der Waals surface area contributed by atoms with Gasteiger partial charge in [-0.05, 0) is 25.0 Å². The topological polar surface area (TPSA) is 78.4 Å². The first kappa shape index (κ1) is 15.3. The van der Waals surface area contributed by atoms with Gasteiger partial charge in [-0.15, -0.1) is 0 Å². The Bertz CT molecular complexity index is 477. The monoisotopic (exact) mass is 284 g/mol. The molecule has 1 rings (SSSR count). The summed E-state index contributed by atoms with van der Waals surface area (Å²) in [4.78, 5) is 22.7. The molecule has 104 valence electrons. The van der Waals surface area contributed by atoms with Gasteiger partial charge in [0.2, 0.25) is 0 Å². The van der Waals surface area contributed by atoms with Crippen LogP contribution in [0.3, 0.4) is 0 Å². The van der Waals surface area contributed by atoms with Gasteiger partial charge in [-0.2, -0.15) is 0 Å².